The van der Waals surface area contributed by atoms with Gasteiger partial charge in [-0.1, -0.05) is 12.1 Å². The van der Waals surface area contributed by atoms with Crippen molar-refractivity contribution >= 4 is 6.21 Å². The SMILES string of the molecule is CCCON=Cc1ccc2c(c1)OCCO2. The van der Waals surface area contributed by atoms with E-state index in [0.717, 1.165) is 23.5 Å². The lowest BCUT2D eigenvalue weighted by Crippen LogP contribution is -2.15. The summed E-state index contributed by atoms with van der Waals surface area (Å²) in [5.41, 5.74) is 0.945. The van der Waals surface area contributed by atoms with Crippen molar-refractivity contribution in [3.63, 3.8) is 0 Å². The lowest BCUT2D eigenvalue weighted by molar-refractivity contribution is 0.146. The zero-order valence-electron chi connectivity index (χ0n) is 9.31. The number of nitrogens with zero attached hydrogens (tertiary/aromatic N) is 1. The molecule has 0 saturated carbocycles. The average molecular weight is 221 g/mol. The highest BCUT2D eigenvalue weighted by Crippen LogP contribution is 2.30. The molecule has 0 spiro atoms. The fourth-order valence-electron chi connectivity index (χ4n) is 1.38. The number of benzene rings is 1. The first-order chi connectivity index (χ1) is 7.90. The van der Waals surface area contributed by atoms with E-state index in [1.807, 2.05) is 25.1 Å². The summed E-state index contributed by atoms with van der Waals surface area (Å²) in [5.74, 6) is 1.56. The Labute approximate surface area is 94.8 Å². The molecular formula is C12H15NO3. The van der Waals surface area contributed by atoms with Gasteiger partial charge in [0.1, 0.15) is 19.8 Å². The summed E-state index contributed by atoms with van der Waals surface area (Å²) < 4.78 is 10.9. The van der Waals surface area contributed by atoms with Crippen LogP contribution in [-0.2, 0) is 4.84 Å². The molecule has 16 heavy (non-hydrogen) atoms. The molecule has 4 heteroatoms. The van der Waals surface area contributed by atoms with E-state index < -0.39 is 0 Å². The van der Waals surface area contributed by atoms with Gasteiger partial charge in [-0.15, -0.1) is 0 Å². The van der Waals surface area contributed by atoms with E-state index in [4.69, 9.17) is 14.3 Å². The van der Waals surface area contributed by atoms with Gasteiger partial charge in [-0.3, -0.25) is 0 Å². The van der Waals surface area contributed by atoms with Crippen LogP contribution in [0.4, 0.5) is 0 Å². The highest BCUT2D eigenvalue weighted by Gasteiger charge is 2.10. The Balaban J connectivity index is 2.02. The summed E-state index contributed by atoms with van der Waals surface area (Å²) in [5, 5.41) is 3.86. The normalized spacial score (nSPS) is 14.1. The molecular weight excluding hydrogens is 206 g/mol. The molecule has 0 aliphatic carbocycles. The van der Waals surface area contributed by atoms with Gasteiger partial charge in [0.05, 0.1) is 6.21 Å². The van der Waals surface area contributed by atoms with Gasteiger partial charge in [0, 0.05) is 5.56 Å². The predicted molar refractivity (Wildman–Crippen MR) is 61.3 cm³/mol. The fourth-order valence-corrected chi connectivity index (χ4v) is 1.38. The van der Waals surface area contributed by atoms with Gasteiger partial charge < -0.3 is 14.3 Å². The maximum absolute atomic E-state index is 5.46. The van der Waals surface area contributed by atoms with Gasteiger partial charge >= 0.3 is 0 Å². The van der Waals surface area contributed by atoms with Crippen LogP contribution in [0.5, 0.6) is 11.5 Å². The summed E-state index contributed by atoms with van der Waals surface area (Å²) in [6.07, 6.45) is 2.63. The van der Waals surface area contributed by atoms with Crippen LogP contribution in [-0.4, -0.2) is 26.0 Å². The van der Waals surface area contributed by atoms with E-state index >= 15 is 0 Å². The maximum Gasteiger partial charge on any atom is 0.162 e. The molecule has 0 atom stereocenters. The first-order valence-corrected chi connectivity index (χ1v) is 5.45. The molecule has 0 saturated heterocycles. The van der Waals surface area contributed by atoms with Crippen molar-refractivity contribution in [2.75, 3.05) is 19.8 Å². The molecule has 1 aromatic rings. The first kappa shape index (κ1) is 10.8. The molecule has 0 bridgehead atoms. The maximum atomic E-state index is 5.46. The third-order valence-electron chi connectivity index (χ3n) is 2.14. The van der Waals surface area contributed by atoms with Crippen molar-refractivity contribution in [1.29, 1.82) is 0 Å². The van der Waals surface area contributed by atoms with Gasteiger partial charge in [-0.2, -0.15) is 0 Å². The largest absolute Gasteiger partial charge is 0.486 e. The van der Waals surface area contributed by atoms with E-state index in [1.54, 1.807) is 6.21 Å². The third-order valence-corrected chi connectivity index (χ3v) is 2.14. The van der Waals surface area contributed by atoms with Gasteiger partial charge in [-0.25, -0.2) is 0 Å². The van der Waals surface area contributed by atoms with Crippen LogP contribution in [0.25, 0.3) is 0 Å². The van der Waals surface area contributed by atoms with E-state index in [-0.39, 0.29) is 0 Å². The Morgan fingerprint density at radius 3 is 2.94 bits per heavy atom. The van der Waals surface area contributed by atoms with Crippen LogP contribution >= 0.6 is 0 Å². The summed E-state index contributed by atoms with van der Waals surface area (Å²) in [6, 6.07) is 5.70. The number of ether oxygens (including phenoxy) is 2. The van der Waals surface area contributed by atoms with E-state index in [2.05, 4.69) is 5.16 Å². The standard InChI is InChI=1S/C12H15NO3/c1-2-5-16-13-9-10-3-4-11-12(8-10)15-7-6-14-11/h3-4,8-9H,2,5-7H2,1H3. The van der Waals surface area contributed by atoms with E-state index in [9.17, 15) is 0 Å². The Morgan fingerprint density at radius 1 is 1.31 bits per heavy atom. The molecule has 1 heterocycles. The minimum Gasteiger partial charge on any atom is -0.486 e. The number of hydrogen-bond donors (Lipinski definition) is 0. The van der Waals surface area contributed by atoms with Gasteiger partial charge in [0.25, 0.3) is 0 Å². The van der Waals surface area contributed by atoms with Gasteiger partial charge in [0.2, 0.25) is 0 Å². The smallest absolute Gasteiger partial charge is 0.162 e. The molecule has 1 aliphatic rings. The Kier molecular flexibility index (Phi) is 3.64. The molecule has 0 amide bonds. The van der Waals surface area contributed by atoms with Crippen LogP contribution in [0.3, 0.4) is 0 Å². The lowest BCUT2D eigenvalue weighted by atomic mass is 10.2. The predicted octanol–water partition coefficient (Wildman–Crippen LogP) is 2.22. The number of fused-ring (bicyclic) bond motifs is 1. The van der Waals surface area contributed by atoms with Crippen molar-refractivity contribution in [2.45, 2.75) is 13.3 Å². The van der Waals surface area contributed by atoms with Crippen LogP contribution < -0.4 is 9.47 Å². The summed E-state index contributed by atoms with van der Waals surface area (Å²) >= 11 is 0. The van der Waals surface area contributed by atoms with Crippen molar-refractivity contribution in [3.8, 4) is 11.5 Å². The summed E-state index contributed by atoms with van der Waals surface area (Å²) in [7, 11) is 0. The topological polar surface area (TPSA) is 40.0 Å². The molecule has 1 aliphatic heterocycles. The highest BCUT2D eigenvalue weighted by molar-refractivity contribution is 5.80. The number of oxime groups is 1. The molecule has 4 nitrogen and oxygen atoms in total. The first-order valence-electron chi connectivity index (χ1n) is 5.45. The van der Waals surface area contributed by atoms with Gasteiger partial charge in [0.15, 0.2) is 11.5 Å². The molecule has 0 fully saturated rings. The summed E-state index contributed by atoms with van der Waals surface area (Å²) in [4.78, 5) is 5.03. The number of rotatable bonds is 4. The second-order valence-corrected chi connectivity index (χ2v) is 3.47. The Bertz CT molecular complexity index is 377. The average Bonchev–Trinajstić information content (AvgIpc) is 2.34. The monoisotopic (exact) mass is 221 g/mol. The minimum absolute atomic E-state index is 0.597. The number of hydrogen-bond acceptors (Lipinski definition) is 4. The molecule has 0 N–H and O–H groups in total. The molecule has 0 radical (unpaired) electrons. The molecule has 1 aromatic carbocycles. The zero-order valence-corrected chi connectivity index (χ0v) is 9.31. The molecule has 0 aromatic heterocycles. The van der Waals surface area contributed by atoms with Gasteiger partial charge in [-0.05, 0) is 24.6 Å². The van der Waals surface area contributed by atoms with E-state index in [0.29, 0.717) is 19.8 Å². The quantitative estimate of drug-likeness (QED) is 0.444. The van der Waals surface area contributed by atoms with Crippen LogP contribution in [0.15, 0.2) is 23.4 Å². The second-order valence-electron chi connectivity index (χ2n) is 3.47. The zero-order chi connectivity index (χ0) is 11.2. The fraction of sp³-hybridized carbons (Fsp3) is 0.417. The van der Waals surface area contributed by atoms with E-state index in [1.165, 1.54) is 0 Å². The third kappa shape index (κ3) is 2.66. The van der Waals surface area contributed by atoms with Crippen molar-refractivity contribution < 1.29 is 14.3 Å². The van der Waals surface area contributed by atoms with Crippen molar-refractivity contribution in [3.05, 3.63) is 23.8 Å². The van der Waals surface area contributed by atoms with Crippen molar-refractivity contribution in [2.24, 2.45) is 5.16 Å². The molecule has 86 valence electrons. The Morgan fingerprint density at radius 2 is 2.12 bits per heavy atom. The highest BCUT2D eigenvalue weighted by atomic mass is 16.6. The molecule has 2 rings (SSSR count). The van der Waals surface area contributed by atoms with Crippen LogP contribution in [0.2, 0.25) is 0 Å². The Hall–Kier alpha value is -1.71. The minimum atomic E-state index is 0.597. The van der Waals surface area contributed by atoms with Crippen LogP contribution in [0, 0.1) is 0 Å². The molecule has 0 unspecified atom stereocenters. The second kappa shape index (κ2) is 5.39. The van der Waals surface area contributed by atoms with Crippen LogP contribution in [0.1, 0.15) is 18.9 Å². The summed E-state index contributed by atoms with van der Waals surface area (Å²) in [6.45, 7) is 3.89. The lowest BCUT2D eigenvalue weighted by Gasteiger charge is -2.18. The van der Waals surface area contributed by atoms with Crippen molar-refractivity contribution in [1.82, 2.24) is 0 Å².